The predicted octanol–water partition coefficient (Wildman–Crippen LogP) is 7.29. The van der Waals surface area contributed by atoms with E-state index in [1.54, 1.807) is 12.2 Å². The molecule has 0 fully saturated rings. The number of hydrogen-bond donors (Lipinski definition) is 1. The van der Waals surface area contributed by atoms with Gasteiger partial charge in [-0.2, -0.15) is 13.2 Å². The number of amides is 1. The summed E-state index contributed by atoms with van der Waals surface area (Å²) in [5, 5.41) is 2.76. The zero-order valence-corrected chi connectivity index (χ0v) is 21.1. The lowest BCUT2D eigenvalue weighted by molar-refractivity contribution is -0.137. The van der Waals surface area contributed by atoms with Gasteiger partial charge in [0.2, 0.25) is 5.89 Å². The van der Waals surface area contributed by atoms with Crippen LogP contribution in [0.2, 0.25) is 0 Å². The van der Waals surface area contributed by atoms with E-state index in [0.29, 0.717) is 29.5 Å². The molecule has 3 aromatic rings. The maximum absolute atomic E-state index is 12.7. The van der Waals surface area contributed by atoms with E-state index in [-0.39, 0.29) is 12.1 Å². The van der Waals surface area contributed by atoms with Crippen LogP contribution in [-0.2, 0) is 23.9 Å². The molecule has 1 N–H and O–H groups in total. The summed E-state index contributed by atoms with van der Waals surface area (Å²) in [5.74, 6) is 1.02. The van der Waals surface area contributed by atoms with Crippen LogP contribution < -0.4 is 10.1 Å². The fraction of sp³-hybridized carbons (Fsp3) is 0.357. The van der Waals surface area contributed by atoms with Crippen LogP contribution in [0.15, 0.2) is 59.2 Å². The summed E-state index contributed by atoms with van der Waals surface area (Å²) >= 11 is 0. The predicted molar refractivity (Wildman–Crippen MR) is 135 cm³/mol. The quantitative estimate of drug-likeness (QED) is 0.287. The second-order valence-corrected chi connectivity index (χ2v) is 9.53. The first kappa shape index (κ1) is 27.8. The van der Waals surface area contributed by atoms with Crippen molar-refractivity contribution in [2.45, 2.75) is 58.4 Å². The van der Waals surface area contributed by atoms with Gasteiger partial charge in [-0.3, -0.25) is 0 Å². The SMILES string of the molecule is CC(C)(C)NC(=O)OCCCCc1ccc(OCc2coc(/C=C/c3ccc(C(F)(F)F)cc3)n2)cc1. The Bertz CT molecular complexity index is 1160. The lowest BCUT2D eigenvalue weighted by atomic mass is 10.1. The van der Waals surface area contributed by atoms with E-state index in [9.17, 15) is 18.0 Å². The molecule has 0 aliphatic rings. The minimum Gasteiger partial charge on any atom is -0.487 e. The van der Waals surface area contributed by atoms with E-state index in [1.165, 1.54) is 18.4 Å². The summed E-state index contributed by atoms with van der Waals surface area (Å²) in [6.07, 6.45) is 2.46. The van der Waals surface area contributed by atoms with E-state index in [2.05, 4.69) is 10.3 Å². The molecule has 0 radical (unpaired) electrons. The van der Waals surface area contributed by atoms with Crippen LogP contribution >= 0.6 is 0 Å². The fourth-order valence-electron chi connectivity index (χ4n) is 3.26. The van der Waals surface area contributed by atoms with Crippen LogP contribution in [0.4, 0.5) is 18.0 Å². The van der Waals surface area contributed by atoms with Crippen LogP contribution in [0.1, 0.15) is 61.9 Å². The lowest BCUT2D eigenvalue weighted by Gasteiger charge is -2.19. The highest BCUT2D eigenvalue weighted by Crippen LogP contribution is 2.29. The van der Waals surface area contributed by atoms with Crippen LogP contribution in [0, 0.1) is 0 Å². The molecule has 198 valence electrons. The smallest absolute Gasteiger partial charge is 0.416 e. The summed E-state index contributed by atoms with van der Waals surface area (Å²) in [4.78, 5) is 15.9. The Hall–Kier alpha value is -3.75. The Morgan fingerprint density at radius 2 is 1.70 bits per heavy atom. The Morgan fingerprint density at radius 1 is 1.00 bits per heavy atom. The molecule has 0 unspecified atom stereocenters. The number of alkyl halides is 3. The van der Waals surface area contributed by atoms with Crippen molar-refractivity contribution < 1.29 is 31.9 Å². The van der Waals surface area contributed by atoms with Crippen molar-refractivity contribution in [2.24, 2.45) is 0 Å². The fourth-order valence-corrected chi connectivity index (χ4v) is 3.26. The van der Waals surface area contributed by atoms with Crippen LogP contribution in [0.25, 0.3) is 12.2 Å². The van der Waals surface area contributed by atoms with Gasteiger partial charge in [-0.15, -0.1) is 0 Å². The van der Waals surface area contributed by atoms with Gasteiger partial charge in [0.15, 0.2) is 0 Å². The molecular weight excluding hydrogens is 485 g/mol. The standard InChI is InChI=1S/C28H31F3N2O4/c1-27(2,3)33-26(34)35-17-5-4-6-20-9-14-24(15-10-20)36-18-23-19-37-25(32-23)16-11-21-7-12-22(13-8-21)28(29,30)31/h7-16,19H,4-6,17-18H2,1-3H3,(H,33,34)/b16-11+. The number of halogens is 3. The van der Waals surface area contributed by atoms with E-state index in [4.69, 9.17) is 13.9 Å². The molecule has 0 spiro atoms. The Balaban J connectivity index is 1.38. The molecule has 0 bridgehead atoms. The summed E-state index contributed by atoms with van der Waals surface area (Å²) in [5.41, 5.74) is 1.34. The molecular formula is C28H31F3N2O4. The highest BCUT2D eigenvalue weighted by Gasteiger charge is 2.29. The number of nitrogens with one attached hydrogen (secondary N) is 1. The first-order valence-corrected chi connectivity index (χ1v) is 11.9. The number of rotatable bonds is 10. The van der Waals surface area contributed by atoms with Gasteiger partial charge in [0.25, 0.3) is 0 Å². The van der Waals surface area contributed by atoms with E-state index < -0.39 is 17.8 Å². The number of aromatic nitrogens is 1. The first-order chi connectivity index (χ1) is 17.5. The molecule has 1 aromatic heterocycles. The van der Waals surface area contributed by atoms with Crippen molar-refractivity contribution in [2.75, 3.05) is 6.61 Å². The maximum Gasteiger partial charge on any atom is 0.416 e. The second-order valence-electron chi connectivity index (χ2n) is 9.53. The van der Waals surface area contributed by atoms with Gasteiger partial charge in [0.1, 0.15) is 24.3 Å². The van der Waals surface area contributed by atoms with Gasteiger partial charge in [0, 0.05) is 11.6 Å². The molecule has 9 heteroatoms. The molecule has 2 aromatic carbocycles. The number of hydrogen-bond acceptors (Lipinski definition) is 5. The molecule has 0 aliphatic carbocycles. The average molecular weight is 517 g/mol. The monoisotopic (exact) mass is 516 g/mol. The Morgan fingerprint density at radius 3 is 2.35 bits per heavy atom. The van der Waals surface area contributed by atoms with E-state index in [1.807, 2.05) is 45.0 Å². The van der Waals surface area contributed by atoms with Gasteiger partial charge < -0.3 is 19.2 Å². The number of unbranched alkanes of at least 4 members (excludes halogenated alkanes) is 1. The van der Waals surface area contributed by atoms with Crippen molar-refractivity contribution in [3.63, 3.8) is 0 Å². The molecule has 0 saturated carbocycles. The zero-order chi connectivity index (χ0) is 26.9. The molecule has 0 aliphatic heterocycles. The summed E-state index contributed by atoms with van der Waals surface area (Å²) in [7, 11) is 0. The van der Waals surface area contributed by atoms with Crippen LogP contribution in [0.3, 0.4) is 0 Å². The normalized spacial score (nSPS) is 12.1. The molecule has 1 heterocycles. The van der Waals surface area contributed by atoms with Crippen molar-refractivity contribution in [3.8, 4) is 5.75 Å². The molecule has 1 amide bonds. The zero-order valence-electron chi connectivity index (χ0n) is 21.1. The number of aryl methyl sites for hydroxylation is 1. The van der Waals surface area contributed by atoms with E-state index >= 15 is 0 Å². The number of carbonyl (C=O) groups excluding carboxylic acids is 1. The molecule has 6 nitrogen and oxygen atoms in total. The topological polar surface area (TPSA) is 73.6 Å². The summed E-state index contributed by atoms with van der Waals surface area (Å²) in [6, 6.07) is 12.6. The number of carbonyl (C=O) groups is 1. The summed E-state index contributed by atoms with van der Waals surface area (Å²) in [6.45, 7) is 6.29. The average Bonchev–Trinajstić information content (AvgIpc) is 3.28. The second kappa shape index (κ2) is 12.5. The van der Waals surface area contributed by atoms with Crippen molar-refractivity contribution in [1.82, 2.24) is 10.3 Å². The molecule has 37 heavy (non-hydrogen) atoms. The van der Waals surface area contributed by atoms with E-state index in [0.717, 1.165) is 37.0 Å². The van der Waals surface area contributed by atoms with Crippen molar-refractivity contribution in [1.29, 1.82) is 0 Å². The third-order valence-corrected chi connectivity index (χ3v) is 5.11. The van der Waals surface area contributed by atoms with Crippen molar-refractivity contribution >= 4 is 18.2 Å². The number of benzene rings is 2. The third-order valence-electron chi connectivity index (χ3n) is 5.11. The van der Waals surface area contributed by atoms with Gasteiger partial charge in [-0.25, -0.2) is 9.78 Å². The highest BCUT2D eigenvalue weighted by atomic mass is 19.4. The number of alkyl carbamates (subject to hydrolysis) is 1. The number of oxazole rings is 1. The Labute approximate surface area is 214 Å². The van der Waals surface area contributed by atoms with Gasteiger partial charge in [0.05, 0.1) is 12.2 Å². The van der Waals surface area contributed by atoms with Crippen LogP contribution in [-0.4, -0.2) is 23.2 Å². The Kier molecular flexibility index (Phi) is 9.38. The third kappa shape index (κ3) is 10.0. The van der Waals surface area contributed by atoms with Crippen LogP contribution in [0.5, 0.6) is 5.75 Å². The maximum atomic E-state index is 12.7. The molecule has 3 rings (SSSR count). The van der Waals surface area contributed by atoms with Gasteiger partial charge in [-0.05, 0) is 81.5 Å². The largest absolute Gasteiger partial charge is 0.487 e. The van der Waals surface area contributed by atoms with Gasteiger partial charge in [-0.1, -0.05) is 24.3 Å². The minimum atomic E-state index is -4.36. The minimum absolute atomic E-state index is 0.213. The molecule has 0 saturated heterocycles. The molecule has 0 atom stereocenters. The highest BCUT2D eigenvalue weighted by molar-refractivity contribution is 5.68. The van der Waals surface area contributed by atoms with Crippen molar-refractivity contribution in [3.05, 3.63) is 83.1 Å². The number of ether oxygens (including phenoxy) is 2. The first-order valence-electron chi connectivity index (χ1n) is 11.9. The number of nitrogens with zero attached hydrogens (tertiary/aromatic N) is 1. The lowest BCUT2D eigenvalue weighted by Crippen LogP contribution is -2.41. The van der Waals surface area contributed by atoms with Gasteiger partial charge >= 0.3 is 12.3 Å². The summed E-state index contributed by atoms with van der Waals surface area (Å²) < 4.78 is 54.3.